The fourth-order valence-corrected chi connectivity index (χ4v) is 3.50. The molecule has 0 aromatic rings. The monoisotopic (exact) mass is 240 g/mol. The predicted octanol–water partition coefficient (Wildman–Crippen LogP) is 3.23. The third kappa shape index (κ3) is 3.01. The molecule has 2 rings (SSSR count). The molecule has 1 aliphatic heterocycles. The van der Waals surface area contributed by atoms with Gasteiger partial charge in [0.1, 0.15) is 0 Å². The molecule has 3 nitrogen and oxygen atoms in total. The Morgan fingerprint density at radius 2 is 2.24 bits per heavy atom. The average Bonchev–Trinajstić information content (AvgIpc) is 2.79. The number of aliphatic carboxylic acids is 1. The molecule has 2 aliphatic rings. The molecule has 0 radical (unpaired) electrons. The Labute approximate surface area is 104 Å². The van der Waals surface area contributed by atoms with Crippen LogP contribution in [0.3, 0.4) is 0 Å². The van der Waals surface area contributed by atoms with E-state index in [-0.39, 0.29) is 0 Å². The Hall–Kier alpha value is -0.570. The van der Waals surface area contributed by atoms with Crippen LogP contribution in [0.5, 0.6) is 0 Å². The van der Waals surface area contributed by atoms with Crippen molar-refractivity contribution in [1.29, 1.82) is 0 Å². The third-order valence-corrected chi connectivity index (χ3v) is 4.51. The smallest absolute Gasteiger partial charge is 0.309 e. The van der Waals surface area contributed by atoms with Gasteiger partial charge in [0.25, 0.3) is 0 Å². The van der Waals surface area contributed by atoms with Crippen LogP contribution in [0.25, 0.3) is 0 Å². The minimum atomic E-state index is -0.581. The predicted molar refractivity (Wildman–Crippen MR) is 65.9 cm³/mol. The van der Waals surface area contributed by atoms with Crippen LogP contribution in [0.4, 0.5) is 0 Å². The van der Waals surface area contributed by atoms with Gasteiger partial charge >= 0.3 is 5.97 Å². The fourth-order valence-electron chi connectivity index (χ4n) is 3.50. The van der Waals surface area contributed by atoms with Gasteiger partial charge in [0.05, 0.1) is 11.5 Å². The summed E-state index contributed by atoms with van der Waals surface area (Å²) in [6.07, 6.45) is 8.29. The van der Waals surface area contributed by atoms with Crippen molar-refractivity contribution in [1.82, 2.24) is 0 Å². The number of ether oxygens (including phenoxy) is 1. The molecule has 1 N–H and O–H groups in total. The lowest BCUT2D eigenvalue weighted by Crippen LogP contribution is -2.36. The van der Waals surface area contributed by atoms with Crippen molar-refractivity contribution in [3.05, 3.63) is 0 Å². The van der Waals surface area contributed by atoms with E-state index in [0.717, 1.165) is 51.6 Å². The highest BCUT2D eigenvalue weighted by molar-refractivity contribution is 5.74. The normalized spacial score (nSPS) is 38.2. The molecule has 0 aromatic heterocycles. The second-order valence-corrected chi connectivity index (χ2v) is 5.96. The van der Waals surface area contributed by atoms with Crippen LogP contribution < -0.4 is 0 Å². The minimum absolute atomic E-state index is 0.323. The topological polar surface area (TPSA) is 46.5 Å². The van der Waals surface area contributed by atoms with Gasteiger partial charge in [-0.05, 0) is 44.4 Å². The van der Waals surface area contributed by atoms with Crippen LogP contribution in [-0.4, -0.2) is 23.8 Å². The van der Waals surface area contributed by atoms with Crippen molar-refractivity contribution in [2.24, 2.45) is 11.3 Å². The van der Waals surface area contributed by atoms with E-state index in [0.29, 0.717) is 12.0 Å². The summed E-state index contributed by atoms with van der Waals surface area (Å²) >= 11 is 0. The SMILES string of the molecule is CC1CCCC(CCC2CCCO2)(C(=O)O)C1. The number of carboxylic acid groups (broad SMARTS) is 1. The molecule has 3 heteroatoms. The lowest BCUT2D eigenvalue weighted by atomic mass is 9.67. The summed E-state index contributed by atoms with van der Waals surface area (Å²) in [6, 6.07) is 0. The molecule has 0 aromatic carbocycles. The summed E-state index contributed by atoms with van der Waals surface area (Å²) in [5.74, 6) is -0.0219. The zero-order valence-corrected chi connectivity index (χ0v) is 10.8. The van der Waals surface area contributed by atoms with E-state index >= 15 is 0 Å². The van der Waals surface area contributed by atoms with E-state index in [4.69, 9.17) is 4.74 Å². The zero-order valence-electron chi connectivity index (χ0n) is 10.8. The second kappa shape index (κ2) is 5.38. The first-order chi connectivity index (χ1) is 8.12. The van der Waals surface area contributed by atoms with Gasteiger partial charge in [0.15, 0.2) is 0 Å². The van der Waals surface area contributed by atoms with E-state index in [9.17, 15) is 9.90 Å². The lowest BCUT2D eigenvalue weighted by molar-refractivity contribution is -0.153. The van der Waals surface area contributed by atoms with Gasteiger partial charge in [-0.2, -0.15) is 0 Å². The zero-order chi connectivity index (χ0) is 12.3. The summed E-state index contributed by atoms with van der Waals surface area (Å²) in [5, 5.41) is 9.54. The van der Waals surface area contributed by atoms with Gasteiger partial charge in [0.2, 0.25) is 0 Å². The van der Waals surface area contributed by atoms with Crippen LogP contribution >= 0.6 is 0 Å². The van der Waals surface area contributed by atoms with E-state index < -0.39 is 11.4 Å². The molecule has 0 spiro atoms. The van der Waals surface area contributed by atoms with Gasteiger partial charge in [-0.15, -0.1) is 0 Å². The lowest BCUT2D eigenvalue weighted by Gasteiger charge is -2.37. The van der Waals surface area contributed by atoms with Gasteiger partial charge < -0.3 is 9.84 Å². The Bertz CT molecular complexity index is 271. The van der Waals surface area contributed by atoms with Gasteiger partial charge in [-0.1, -0.05) is 19.8 Å². The molecule has 17 heavy (non-hydrogen) atoms. The number of hydrogen-bond donors (Lipinski definition) is 1. The standard InChI is InChI=1S/C14H24O3/c1-11-4-2-7-14(10-11,13(15)16)8-6-12-5-3-9-17-12/h11-12H,2-10H2,1H3,(H,15,16). The molecule has 1 heterocycles. The van der Waals surface area contributed by atoms with Gasteiger partial charge in [0, 0.05) is 6.61 Å². The summed E-state index contributed by atoms with van der Waals surface area (Å²) in [6.45, 7) is 3.05. The summed E-state index contributed by atoms with van der Waals surface area (Å²) in [4.78, 5) is 11.6. The first-order valence-electron chi connectivity index (χ1n) is 6.97. The Morgan fingerprint density at radius 3 is 2.82 bits per heavy atom. The van der Waals surface area contributed by atoms with Crippen LogP contribution in [-0.2, 0) is 9.53 Å². The minimum Gasteiger partial charge on any atom is -0.481 e. The van der Waals surface area contributed by atoms with E-state index in [1.807, 2.05) is 0 Å². The Morgan fingerprint density at radius 1 is 1.41 bits per heavy atom. The van der Waals surface area contributed by atoms with Gasteiger partial charge in [-0.3, -0.25) is 4.79 Å². The molecule has 2 fully saturated rings. The molecule has 1 saturated heterocycles. The van der Waals surface area contributed by atoms with Crippen molar-refractivity contribution in [3.8, 4) is 0 Å². The molecule has 1 saturated carbocycles. The molecule has 98 valence electrons. The van der Waals surface area contributed by atoms with E-state index in [2.05, 4.69) is 6.92 Å². The summed E-state index contributed by atoms with van der Waals surface area (Å²) < 4.78 is 5.60. The Balaban J connectivity index is 1.93. The quantitative estimate of drug-likeness (QED) is 0.820. The number of carboxylic acids is 1. The third-order valence-electron chi connectivity index (χ3n) is 4.51. The highest BCUT2D eigenvalue weighted by Gasteiger charge is 2.41. The second-order valence-electron chi connectivity index (χ2n) is 5.96. The largest absolute Gasteiger partial charge is 0.481 e. The first-order valence-corrected chi connectivity index (χ1v) is 6.97. The number of hydrogen-bond acceptors (Lipinski definition) is 2. The van der Waals surface area contributed by atoms with Crippen LogP contribution in [0, 0.1) is 11.3 Å². The van der Waals surface area contributed by atoms with Crippen molar-refractivity contribution >= 4 is 5.97 Å². The summed E-state index contributed by atoms with van der Waals surface area (Å²) in [5.41, 5.74) is -0.455. The molecule has 3 atom stereocenters. The first kappa shape index (κ1) is 12.9. The highest BCUT2D eigenvalue weighted by atomic mass is 16.5. The molecular formula is C14H24O3. The van der Waals surface area contributed by atoms with Crippen LogP contribution in [0.2, 0.25) is 0 Å². The van der Waals surface area contributed by atoms with Crippen molar-refractivity contribution < 1.29 is 14.6 Å². The van der Waals surface area contributed by atoms with Crippen LogP contribution in [0.15, 0.2) is 0 Å². The number of rotatable bonds is 4. The number of carbonyl (C=O) groups is 1. The van der Waals surface area contributed by atoms with Crippen molar-refractivity contribution in [2.75, 3.05) is 6.61 Å². The van der Waals surface area contributed by atoms with Crippen molar-refractivity contribution in [2.45, 2.75) is 64.4 Å². The van der Waals surface area contributed by atoms with E-state index in [1.165, 1.54) is 6.42 Å². The average molecular weight is 240 g/mol. The fraction of sp³-hybridized carbons (Fsp3) is 0.929. The molecule has 0 amide bonds. The molecule has 3 unspecified atom stereocenters. The van der Waals surface area contributed by atoms with E-state index in [1.54, 1.807) is 0 Å². The maximum atomic E-state index is 11.6. The summed E-state index contributed by atoms with van der Waals surface area (Å²) in [7, 11) is 0. The maximum absolute atomic E-state index is 11.6. The Kier molecular flexibility index (Phi) is 4.08. The maximum Gasteiger partial charge on any atom is 0.309 e. The molecule has 1 aliphatic carbocycles. The highest BCUT2D eigenvalue weighted by Crippen LogP contribution is 2.43. The van der Waals surface area contributed by atoms with Crippen molar-refractivity contribution in [3.63, 3.8) is 0 Å². The van der Waals surface area contributed by atoms with Gasteiger partial charge in [-0.25, -0.2) is 0 Å². The molecule has 0 bridgehead atoms. The molecular weight excluding hydrogens is 216 g/mol. The van der Waals surface area contributed by atoms with Crippen LogP contribution in [0.1, 0.15) is 58.3 Å².